The standard InChI is InChI=1S/C14H17N3O2/c1-19-12-4-2-3-10(7-12)8-13-15-16-14-9-11(18)5-6-17(13)14/h2-4,7,11,18H,5-6,8-9H2,1H3. The van der Waals surface area contributed by atoms with Crippen LogP contribution in [0, 0.1) is 0 Å². The number of benzene rings is 1. The molecule has 0 fully saturated rings. The van der Waals surface area contributed by atoms with Crippen LogP contribution in [0.4, 0.5) is 0 Å². The van der Waals surface area contributed by atoms with E-state index in [1.165, 1.54) is 0 Å². The molecule has 1 aromatic carbocycles. The van der Waals surface area contributed by atoms with E-state index in [-0.39, 0.29) is 6.10 Å². The van der Waals surface area contributed by atoms with Gasteiger partial charge in [0, 0.05) is 19.4 Å². The summed E-state index contributed by atoms with van der Waals surface area (Å²) < 4.78 is 7.34. The summed E-state index contributed by atoms with van der Waals surface area (Å²) in [6.07, 6.45) is 1.84. The first kappa shape index (κ1) is 12.2. The summed E-state index contributed by atoms with van der Waals surface area (Å²) in [6.45, 7) is 0.794. The minimum absolute atomic E-state index is 0.277. The molecule has 100 valence electrons. The van der Waals surface area contributed by atoms with E-state index >= 15 is 0 Å². The summed E-state index contributed by atoms with van der Waals surface area (Å²) in [5, 5.41) is 18.0. The highest BCUT2D eigenvalue weighted by atomic mass is 16.5. The summed E-state index contributed by atoms with van der Waals surface area (Å²) in [7, 11) is 1.67. The number of aliphatic hydroxyl groups excluding tert-OH is 1. The van der Waals surface area contributed by atoms with Crippen molar-refractivity contribution >= 4 is 0 Å². The van der Waals surface area contributed by atoms with E-state index in [9.17, 15) is 5.11 Å². The Morgan fingerprint density at radius 3 is 3.16 bits per heavy atom. The second kappa shape index (κ2) is 5.01. The third-order valence-corrected chi connectivity index (χ3v) is 3.50. The van der Waals surface area contributed by atoms with Gasteiger partial charge in [-0.05, 0) is 24.1 Å². The Bertz CT molecular complexity index is 580. The number of rotatable bonds is 3. The molecule has 1 aliphatic rings. The summed E-state index contributed by atoms with van der Waals surface area (Å²) in [5.74, 6) is 2.69. The van der Waals surface area contributed by atoms with Crippen molar-refractivity contribution < 1.29 is 9.84 Å². The second-order valence-corrected chi connectivity index (χ2v) is 4.86. The van der Waals surface area contributed by atoms with Crippen LogP contribution in [0.2, 0.25) is 0 Å². The third-order valence-electron chi connectivity index (χ3n) is 3.50. The van der Waals surface area contributed by atoms with E-state index in [0.717, 1.165) is 42.3 Å². The molecule has 1 N–H and O–H groups in total. The number of fused-ring (bicyclic) bond motifs is 1. The van der Waals surface area contributed by atoms with Gasteiger partial charge in [-0.25, -0.2) is 0 Å². The lowest BCUT2D eigenvalue weighted by atomic mass is 10.1. The van der Waals surface area contributed by atoms with Gasteiger partial charge in [-0.2, -0.15) is 0 Å². The molecule has 5 nitrogen and oxygen atoms in total. The van der Waals surface area contributed by atoms with Crippen LogP contribution in [-0.4, -0.2) is 33.1 Å². The van der Waals surface area contributed by atoms with Gasteiger partial charge in [-0.1, -0.05) is 12.1 Å². The zero-order valence-electron chi connectivity index (χ0n) is 10.9. The van der Waals surface area contributed by atoms with Crippen LogP contribution in [0.15, 0.2) is 24.3 Å². The molecule has 3 rings (SSSR count). The van der Waals surface area contributed by atoms with Crippen molar-refractivity contribution in [3.63, 3.8) is 0 Å². The molecular formula is C14H17N3O2. The zero-order valence-corrected chi connectivity index (χ0v) is 10.9. The van der Waals surface area contributed by atoms with Crippen molar-refractivity contribution in [2.24, 2.45) is 0 Å². The fraction of sp³-hybridized carbons (Fsp3) is 0.429. The van der Waals surface area contributed by atoms with Crippen molar-refractivity contribution in [2.45, 2.75) is 31.9 Å². The molecule has 0 aliphatic carbocycles. The van der Waals surface area contributed by atoms with E-state index in [0.29, 0.717) is 6.42 Å². The van der Waals surface area contributed by atoms with Crippen molar-refractivity contribution in [3.05, 3.63) is 41.5 Å². The Balaban J connectivity index is 1.84. The average Bonchev–Trinajstić information content (AvgIpc) is 2.81. The van der Waals surface area contributed by atoms with Gasteiger partial charge in [0.25, 0.3) is 0 Å². The minimum Gasteiger partial charge on any atom is -0.497 e. The Kier molecular flexibility index (Phi) is 3.21. The zero-order chi connectivity index (χ0) is 13.2. The molecule has 2 aromatic rings. The summed E-state index contributed by atoms with van der Waals surface area (Å²) in [5.41, 5.74) is 1.15. The van der Waals surface area contributed by atoms with Gasteiger partial charge in [0.15, 0.2) is 0 Å². The molecule has 2 heterocycles. The van der Waals surface area contributed by atoms with Crippen LogP contribution in [0.1, 0.15) is 23.6 Å². The molecule has 0 radical (unpaired) electrons. The maximum atomic E-state index is 9.63. The lowest BCUT2D eigenvalue weighted by molar-refractivity contribution is 0.141. The first-order chi connectivity index (χ1) is 9.26. The van der Waals surface area contributed by atoms with E-state index in [2.05, 4.69) is 20.8 Å². The predicted octanol–water partition coefficient (Wildman–Crippen LogP) is 1.18. The fourth-order valence-corrected chi connectivity index (χ4v) is 2.47. The van der Waals surface area contributed by atoms with Gasteiger partial charge < -0.3 is 14.4 Å². The highest BCUT2D eigenvalue weighted by Gasteiger charge is 2.21. The average molecular weight is 259 g/mol. The van der Waals surface area contributed by atoms with Gasteiger partial charge in [0.2, 0.25) is 0 Å². The third kappa shape index (κ3) is 2.46. The molecule has 5 heteroatoms. The van der Waals surface area contributed by atoms with Gasteiger partial charge in [-0.15, -0.1) is 10.2 Å². The summed E-state index contributed by atoms with van der Waals surface area (Å²) >= 11 is 0. The summed E-state index contributed by atoms with van der Waals surface area (Å²) in [4.78, 5) is 0. The van der Waals surface area contributed by atoms with E-state index < -0.39 is 0 Å². The van der Waals surface area contributed by atoms with Gasteiger partial charge in [0.05, 0.1) is 13.2 Å². The molecule has 19 heavy (non-hydrogen) atoms. The number of ether oxygens (including phenoxy) is 1. The molecule has 0 bridgehead atoms. The van der Waals surface area contributed by atoms with E-state index in [4.69, 9.17) is 4.74 Å². The number of aliphatic hydroxyl groups is 1. The molecule has 1 atom stereocenters. The normalized spacial score (nSPS) is 18.1. The number of methoxy groups -OCH3 is 1. The van der Waals surface area contributed by atoms with Crippen LogP contribution >= 0.6 is 0 Å². The molecule has 0 amide bonds. The smallest absolute Gasteiger partial charge is 0.137 e. The van der Waals surface area contributed by atoms with Gasteiger partial charge in [0.1, 0.15) is 17.4 Å². The van der Waals surface area contributed by atoms with Gasteiger partial charge in [-0.3, -0.25) is 0 Å². The van der Waals surface area contributed by atoms with Crippen molar-refractivity contribution in [3.8, 4) is 5.75 Å². The number of hydrogen-bond donors (Lipinski definition) is 1. The number of hydrogen-bond acceptors (Lipinski definition) is 4. The second-order valence-electron chi connectivity index (χ2n) is 4.86. The Hall–Kier alpha value is -1.88. The number of aromatic nitrogens is 3. The van der Waals surface area contributed by atoms with Crippen molar-refractivity contribution in [2.75, 3.05) is 7.11 Å². The maximum absolute atomic E-state index is 9.63. The van der Waals surface area contributed by atoms with Gasteiger partial charge >= 0.3 is 0 Å². The molecule has 1 aromatic heterocycles. The first-order valence-corrected chi connectivity index (χ1v) is 6.48. The highest BCUT2D eigenvalue weighted by molar-refractivity contribution is 5.30. The maximum Gasteiger partial charge on any atom is 0.137 e. The van der Waals surface area contributed by atoms with Crippen LogP contribution in [-0.2, 0) is 19.4 Å². The topological polar surface area (TPSA) is 60.2 Å². The Morgan fingerprint density at radius 1 is 1.42 bits per heavy atom. The summed E-state index contributed by atoms with van der Waals surface area (Å²) in [6, 6.07) is 7.98. The first-order valence-electron chi connectivity index (χ1n) is 6.48. The fourth-order valence-electron chi connectivity index (χ4n) is 2.47. The SMILES string of the molecule is COc1cccc(Cc2nnc3n2CCC(O)C3)c1. The van der Waals surface area contributed by atoms with Crippen LogP contribution < -0.4 is 4.74 Å². The lowest BCUT2D eigenvalue weighted by Crippen LogP contribution is -2.24. The largest absolute Gasteiger partial charge is 0.497 e. The number of nitrogens with zero attached hydrogens (tertiary/aromatic N) is 3. The van der Waals surface area contributed by atoms with Crippen molar-refractivity contribution in [1.29, 1.82) is 0 Å². The van der Waals surface area contributed by atoms with Crippen LogP contribution in [0.25, 0.3) is 0 Å². The molecular weight excluding hydrogens is 242 g/mol. The predicted molar refractivity (Wildman–Crippen MR) is 70.1 cm³/mol. The van der Waals surface area contributed by atoms with Crippen LogP contribution in [0.5, 0.6) is 5.75 Å². The highest BCUT2D eigenvalue weighted by Crippen LogP contribution is 2.19. The molecule has 1 unspecified atom stereocenters. The molecule has 0 saturated heterocycles. The van der Waals surface area contributed by atoms with E-state index in [1.807, 2.05) is 18.2 Å². The molecule has 0 spiro atoms. The lowest BCUT2D eigenvalue weighted by Gasteiger charge is -2.19. The molecule has 0 saturated carbocycles. The monoisotopic (exact) mass is 259 g/mol. The van der Waals surface area contributed by atoms with Crippen LogP contribution in [0.3, 0.4) is 0 Å². The van der Waals surface area contributed by atoms with E-state index in [1.54, 1.807) is 7.11 Å². The minimum atomic E-state index is -0.277. The Morgan fingerprint density at radius 2 is 2.32 bits per heavy atom. The Labute approximate surface area is 111 Å². The quantitative estimate of drug-likeness (QED) is 0.899. The van der Waals surface area contributed by atoms with Crippen molar-refractivity contribution in [1.82, 2.24) is 14.8 Å². The molecule has 1 aliphatic heterocycles.